The molecule has 22 heavy (non-hydrogen) atoms. The van der Waals surface area contributed by atoms with Crippen LogP contribution in [-0.4, -0.2) is 15.2 Å². The molecule has 1 heterocycles. The molecule has 0 aliphatic rings. The molecule has 0 amide bonds. The molecule has 1 aromatic heterocycles. The third-order valence-electron chi connectivity index (χ3n) is 3.91. The highest BCUT2D eigenvalue weighted by Crippen LogP contribution is 2.40. The monoisotopic (exact) mass is 308 g/mol. The summed E-state index contributed by atoms with van der Waals surface area (Å²) in [4.78, 5) is 4.50. The topological polar surface area (TPSA) is 17.8 Å². The lowest BCUT2D eigenvalue weighted by molar-refractivity contribution is 0.765. The van der Waals surface area contributed by atoms with Gasteiger partial charge in [0.05, 0.1) is 0 Å². The summed E-state index contributed by atoms with van der Waals surface area (Å²) in [6.45, 7) is 2.35. The highest BCUT2D eigenvalue weighted by molar-refractivity contribution is 7.73. The Morgan fingerprint density at radius 3 is 1.95 bits per heavy atom. The standard InChI is InChI=1S/C19H21N2P/c1-16(15-19-20-13-14-21(19)2)22(17-9-5-3-6-10-17)18-11-7-4-8-12-18/h3-14,16H,15H2,1-2H3/t16-/m0/s1. The fourth-order valence-electron chi connectivity index (χ4n) is 2.78. The molecule has 0 saturated heterocycles. The first kappa shape index (κ1) is 15.0. The zero-order valence-corrected chi connectivity index (χ0v) is 13.9. The summed E-state index contributed by atoms with van der Waals surface area (Å²) < 4.78 is 2.12. The first-order valence-corrected chi connectivity index (χ1v) is 9.02. The van der Waals surface area contributed by atoms with Crippen LogP contribution < -0.4 is 10.6 Å². The molecule has 0 radical (unpaired) electrons. The van der Waals surface area contributed by atoms with Crippen LogP contribution >= 0.6 is 7.92 Å². The Hall–Kier alpha value is -1.92. The normalized spacial score (nSPS) is 12.5. The van der Waals surface area contributed by atoms with Crippen molar-refractivity contribution in [2.24, 2.45) is 7.05 Å². The van der Waals surface area contributed by atoms with Crippen molar-refractivity contribution in [3.8, 4) is 0 Å². The molecule has 3 rings (SSSR count). The minimum Gasteiger partial charge on any atom is -0.338 e. The molecule has 0 N–H and O–H groups in total. The number of hydrogen-bond acceptors (Lipinski definition) is 1. The second-order valence-corrected chi connectivity index (χ2v) is 8.20. The third-order valence-corrected chi connectivity index (χ3v) is 6.68. The molecule has 0 aliphatic heterocycles. The average molecular weight is 308 g/mol. The molecule has 0 fully saturated rings. The van der Waals surface area contributed by atoms with E-state index in [1.54, 1.807) is 0 Å². The minimum atomic E-state index is -0.383. The fourth-order valence-corrected chi connectivity index (χ4v) is 5.43. The molecule has 0 saturated carbocycles. The van der Waals surface area contributed by atoms with E-state index in [1.807, 2.05) is 12.4 Å². The molecular formula is C19H21N2P. The number of benzene rings is 2. The van der Waals surface area contributed by atoms with Crippen LogP contribution in [-0.2, 0) is 13.5 Å². The van der Waals surface area contributed by atoms with Crippen molar-refractivity contribution < 1.29 is 0 Å². The first-order valence-electron chi connectivity index (χ1n) is 7.61. The number of hydrogen-bond donors (Lipinski definition) is 0. The second kappa shape index (κ2) is 6.89. The van der Waals surface area contributed by atoms with Crippen molar-refractivity contribution in [2.45, 2.75) is 19.0 Å². The molecule has 1 atom stereocenters. The van der Waals surface area contributed by atoms with Crippen molar-refractivity contribution in [3.63, 3.8) is 0 Å². The Morgan fingerprint density at radius 2 is 1.50 bits per heavy atom. The quantitative estimate of drug-likeness (QED) is 0.660. The van der Waals surface area contributed by atoms with E-state index in [-0.39, 0.29) is 7.92 Å². The fraction of sp³-hybridized carbons (Fsp3) is 0.211. The van der Waals surface area contributed by atoms with E-state index in [0.29, 0.717) is 5.66 Å². The third kappa shape index (κ3) is 3.28. The van der Waals surface area contributed by atoms with E-state index in [9.17, 15) is 0 Å². The van der Waals surface area contributed by atoms with E-state index in [0.717, 1.165) is 12.2 Å². The molecule has 0 bridgehead atoms. The Morgan fingerprint density at radius 1 is 0.955 bits per heavy atom. The highest BCUT2D eigenvalue weighted by Gasteiger charge is 2.22. The lowest BCUT2D eigenvalue weighted by Crippen LogP contribution is -2.22. The van der Waals surface area contributed by atoms with Gasteiger partial charge in [0.1, 0.15) is 5.82 Å². The van der Waals surface area contributed by atoms with Crippen LogP contribution in [0.3, 0.4) is 0 Å². The van der Waals surface area contributed by atoms with Crippen LogP contribution in [0, 0.1) is 0 Å². The SMILES string of the molecule is C[C@@H](Cc1nccn1C)P(c1ccccc1)c1ccccc1. The molecule has 0 spiro atoms. The molecule has 3 aromatic rings. The van der Waals surface area contributed by atoms with Gasteiger partial charge in [-0.05, 0) is 24.2 Å². The number of aryl methyl sites for hydroxylation is 1. The molecule has 0 aliphatic carbocycles. The van der Waals surface area contributed by atoms with Crippen molar-refractivity contribution in [1.82, 2.24) is 9.55 Å². The maximum absolute atomic E-state index is 4.50. The van der Waals surface area contributed by atoms with Crippen LogP contribution in [0.2, 0.25) is 0 Å². The van der Waals surface area contributed by atoms with E-state index in [1.165, 1.54) is 10.6 Å². The summed E-state index contributed by atoms with van der Waals surface area (Å²) in [6.07, 6.45) is 4.91. The van der Waals surface area contributed by atoms with Gasteiger partial charge in [-0.2, -0.15) is 0 Å². The van der Waals surface area contributed by atoms with Crippen LogP contribution in [0.5, 0.6) is 0 Å². The zero-order valence-electron chi connectivity index (χ0n) is 13.1. The predicted octanol–water partition coefficient (Wildman–Crippen LogP) is 3.48. The Balaban J connectivity index is 1.93. The summed E-state index contributed by atoms with van der Waals surface area (Å²) in [7, 11) is 1.69. The van der Waals surface area contributed by atoms with Crippen LogP contribution in [0.25, 0.3) is 0 Å². The number of aromatic nitrogens is 2. The van der Waals surface area contributed by atoms with E-state index in [4.69, 9.17) is 0 Å². The zero-order chi connectivity index (χ0) is 15.4. The molecule has 112 valence electrons. The highest BCUT2D eigenvalue weighted by atomic mass is 31.1. The largest absolute Gasteiger partial charge is 0.338 e. The van der Waals surface area contributed by atoms with E-state index < -0.39 is 0 Å². The van der Waals surface area contributed by atoms with E-state index in [2.05, 4.69) is 84.2 Å². The van der Waals surface area contributed by atoms with E-state index >= 15 is 0 Å². The summed E-state index contributed by atoms with van der Waals surface area (Å²) >= 11 is 0. The number of nitrogens with zero attached hydrogens (tertiary/aromatic N) is 2. The van der Waals surface area contributed by atoms with Gasteiger partial charge >= 0.3 is 0 Å². The van der Waals surface area contributed by atoms with Gasteiger partial charge in [-0.3, -0.25) is 0 Å². The van der Waals surface area contributed by atoms with Gasteiger partial charge in [-0.25, -0.2) is 4.98 Å². The summed E-state index contributed by atoms with van der Waals surface area (Å²) in [5.74, 6) is 1.16. The molecule has 2 nitrogen and oxygen atoms in total. The average Bonchev–Trinajstić information content (AvgIpc) is 2.95. The van der Waals surface area contributed by atoms with Gasteiger partial charge in [0.15, 0.2) is 0 Å². The van der Waals surface area contributed by atoms with Gasteiger partial charge in [-0.1, -0.05) is 67.6 Å². The van der Waals surface area contributed by atoms with Crippen LogP contribution in [0.15, 0.2) is 73.1 Å². The van der Waals surface area contributed by atoms with Crippen molar-refractivity contribution >= 4 is 18.5 Å². The second-order valence-electron chi connectivity index (χ2n) is 5.55. The van der Waals surface area contributed by atoms with Gasteiger partial charge in [0.2, 0.25) is 0 Å². The first-order chi connectivity index (χ1) is 10.8. The summed E-state index contributed by atoms with van der Waals surface area (Å²) in [6, 6.07) is 21.8. The van der Waals surface area contributed by atoms with Crippen molar-refractivity contribution in [3.05, 3.63) is 78.9 Å². The molecule has 0 unspecified atom stereocenters. The summed E-state index contributed by atoms with van der Waals surface area (Å²) in [5, 5.41) is 2.87. The smallest absolute Gasteiger partial charge is 0.109 e. The number of imidazole rings is 1. The lowest BCUT2D eigenvalue weighted by atomic mass is 10.3. The van der Waals surface area contributed by atoms with Crippen molar-refractivity contribution in [2.75, 3.05) is 0 Å². The summed E-state index contributed by atoms with van der Waals surface area (Å²) in [5.41, 5.74) is 0.543. The van der Waals surface area contributed by atoms with Crippen molar-refractivity contribution in [1.29, 1.82) is 0 Å². The van der Waals surface area contributed by atoms with Crippen LogP contribution in [0.1, 0.15) is 12.7 Å². The predicted molar refractivity (Wildman–Crippen MR) is 95.4 cm³/mol. The Labute approximate surface area is 133 Å². The molecule has 2 aromatic carbocycles. The van der Waals surface area contributed by atoms with Gasteiger partial charge in [0.25, 0.3) is 0 Å². The lowest BCUT2D eigenvalue weighted by Gasteiger charge is -2.25. The Kier molecular flexibility index (Phi) is 4.70. The van der Waals surface area contributed by atoms with Gasteiger partial charge in [0, 0.05) is 25.9 Å². The molecular weight excluding hydrogens is 287 g/mol. The number of rotatable bonds is 5. The minimum absolute atomic E-state index is 0.383. The Bertz CT molecular complexity index is 667. The van der Waals surface area contributed by atoms with Gasteiger partial charge in [-0.15, -0.1) is 0 Å². The maximum atomic E-state index is 4.50. The maximum Gasteiger partial charge on any atom is 0.109 e. The molecule has 3 heteroatoms. The van der Waals surface area contributed by atoms with Crippen LogP contribution in [0.4, 0.5) is 0 Å². The van der Waals surface area contributed by atoms with Gasteiger partial charge < -0.3 is 4.57 Å².